The van der Waals surface area contributed by atoms with Crippen LogP contribution in [-0.2, 0) is 10.0 Å². The zero-order valence-corrected chi connectivity index (χ0v) is 11.1. The fraction of sp³-hybridized carbons (Fsp3) is 0.500. The van der Waals surface area contributed by atoms with Gasteiger partial charge < -0.3 is 15.2 Å². The van der Waals surface area contributed by atoms with Crippen molar-refractivity contribution in [1.29, 1.82) is 0 Å². The van der Waals surface area contributed by atoms with Crippen LogP contribution in [0.3, 0.4) is 0 Å². The molecular weight excluding hydrogens is 274 g/mol. The highest BCUT2D eigenvalue weighted by Crippen LogP contribution is 2.13. The van der Waals surface area contributed by atoms with Crippen LogP contribution < -0.4 is 4.72 Å². The van der Waals surface area contributed by atoms with Crippen molar-refractivity contribution < 1.29 is 18.4 Å². The quantitative estimate of drug-likeness (QED) is 0.554. The lowest BCUT2D eigenvalue weighted by atomic mass is 10.2. The van der Waals surface area contributed by atoms with Gasteiger partial charge in [-0.3, -0.25) is 0 Å². The molecule has 0 radical (unpaired) electrons. The summed E-state index contributed by atoms with van der Waals surface area (Å²) in [5.41, 5.74) is 0. The average Bonchev–Trinajstić information content (AvgIpc) is 2.38. The SMILES string of the molecule is CCC(CCO)NS(=O)(=O)c1ccc([N+](=O)[O-])nc1. The summed E-state index contributed by atoms with van der Waals surface area (Å²) in [6.07, 6.45) is 1.77. The number of hydrogen-bond acceptors (Lipinski definition) is 6. The molecule has 0 amide bonds. The summed E-state index contributed by atoms with van der Waals surface area (Å²) in [6, 6.07) is 1.77. The second-order valence-electron chi connectivity index (χ2n) is 3.85. The van der Waals surface area contributed by atoms with E-state index in [1.165, 1.54) is 0 Å². The van der Waals surface area contributed by atoms with Gasteiger partial charge in [-0.15, -0.1) is 0 Å². The van der Waals surface area contributed by atoms with E-state index in [2.05, 4.69) is 9.71 Å². The van der Waals surface area contributed by atoms with E-state index in [1.807, 2.05) is 0 Å². The molecule has 9 heteroatoms. The van der Waals surface area contributed by atoms with E-state index >= 15 is 0 Å². The Hall–Kier alpha value is -1.58. The zero-order chi connectivity index (χ0) is 14.5. The number of pyridine rings is 1. The fourth-order valence-corrected chi connectivity index (χ4v) is 2.73. The predicted octanol–water partition coefficient (Wildman–Crippen LogP) is 0.429. The second kappa shape index (κ2) is 6.55. The van der Waals surface area contributed by atoms with E-state index in [-0.39, 0.29) is 17.5 Å². The highest BCUT2D eigenvalue weighted by Gasteiger charge is 2.21. The van der Waals surface area contributed by atoms with Crippen LogP contribution in [0.25, 0.3) is 0 Å². The van der Waals surface area contributed by atoms with Crippen molar-refractivity contribution in [3.05, 3.63) is 28.4 Å². The van der Waals surface area contributed by atoms with Crippen LogP contribution in [0.4, 0.5) is 5.82 Å². The Bertz CT molecular complexity index is 529. The molecule has 0 aliphatic heterocycles. The van der Waals surface area contributed by atoms with Gasteiger partial charge >= 0.3 is 5.82 Å². The second-order valence-corrected chi connectivity index (χ2v) is 5.56. The molecule has 0 aromatic carbocycles. The van der Waals surface area contributed by atoms with E-state index in [0.29, 0.717) is 12.8 Å². The minimum absolute atomic E-state index is 0.125. The Morgan fingerprint density at radius 2 is 2.21 bits per heavy atom. The number of hydrogen-bond donors (Lipinski definition) is 2. The van der Waals surface area contributed by atoms with Crippen molar-refractivity contribution in [2.24, 2.45) is 0 Å². The van der Waals surface area contributed by atoms with E-state index in [9.17, 15) is 18.5 Å². The number of nitrogens with zero attached hydrogens (tertiary/aromatic N) is 2. The van der Waals surface area contributed by atoms with Crippen LogP contribution in [0.5, 0.6) is 0 Å². The van der Waals surface area contributed by atoms with Crippen LogP contribution in [-0.4, -0.2) is 36.1 Å². The molecule has 0 spiro atoms. The maximum atomic E-state index is 12.0. The molecule has 106 valence electrons. The molecule has 1 atom stereocenters. The lowest BCUT2D eigenvalue weighted by Crippen LogP contribution is -2.35. The van der Waals surface area contributed by atoms with Crippen LogP contribution in [0.15, 0.2) is 23.2 Å². The number of nitrogens with one attached hydrogen (secondary N) is 1. The molecule has 0 saturated carbocycles. The van der Waals surface area contributed by atoms with Crippen molar-refractivity contribution in [2.45, 2.75) is 30.7 Å². The lowest BCUT2D eigenvalue weighted by molar-refractivity contribution is -0.389. The van der Waals surface area contributed by atoms with Gasteiger partial charge in [-0.05, 0) is 28.8 Å². The summed E-state index contributed by atoms with van der Waals surface area (Å²) in [7, 11) is -3.78. The van der Waals surface area contributed by atoms with Crippen molar-refractivity contribution in [3.8, 4) is 0 Å². The van der Waals surface area contributed by atoms with Crippen LogP contribution in [0.2, 0.25) is 0 Å². The zero-order valence-electron chi connectivity index (χ0n) is 10.3. The van der Waals surface area contributed by atoms with Gasteiger partial charge in [-0.25, -0.2) is 13.1 Å². The summed E-state index contributed by atoms with van der Waals surface area (Å²) in [5.74, 6) is -0.415. The maximum Gasteiger partial charge on any atom is 0.363 e. The van der Waals surface area contributed by atoms with Gasteiger partial charge in [0.15, 0.2) is 6.20 Å². The Labute approximate surface area is 110 Å². The molecule has 1 aromatic heterocycles. The third-order valence-corrected chi connectivity index (χ3v) is 4.02. The van der Waals surface area contributed by atoms with Gasteiger partial charge in [0, 0.05) is 18.7 Å². The first-order chi connectivity index (χ1) is 8.90. The van der Waals surface area contributed by atoms with Gasteiger partial charge in [-0.2, -0.15) is 0 Å². The van der Waals surface area contributed by atoms with E-state index < -0.39 is 20.8 Å². The smallest absolute Gasteiger partial charge is 0.363 e. The molecule has 2 N–H and O–H groups in total. The molecule has 0 aliphatic rings. The van der Waals surface area contributed by atoms with Gasteiger partial charge in [0.05, 0.1) is 0 Å². The summed E-state index contributed by atoms with van der Waals surface area (Å²) < 4.78 is 26.3. The molecule has 8 nitrogen and oxygen atoms in total. The minimum Gasteiger partial charge on any atom is -0.396 e. The fourth-order valence-electron chi connectivity index (χ4n) is 1.43. The average molecular weight is 289 g/mol. The number of aliphatic hydroxyl groups excluding tert-OH is 1. The molecule has 0 fully saturated rings. The Kier molecular flexibility index (Phi) is 5.33. The molecule has 0 aliphatic carbocycles. The third kappa shape index (κ3) is 4.23. The highest BCUT2D eigenvalue weighted by molar-refractivity contribution is 7.89. The molecule has 0 saturated heterocycles. The van der Waals surface area contributed by atoms with Crippen molar-refractivity contribution >= 4 is 15.8 Å². The number of aliphatic hydroxyl groups is 1. The Morgan fingerprint density at radius 3 is 2.63 bits per heavy atom. The lowest BCUT2D eigenvalue weighted by Gasteiger charge is -2.15. The van der Waals surface area contributed by atoms with Gasteiger partial charge in [0.1, 0.15) is 4.90 Å². The molecule has 1 unspecified atom stereocenters. The summed E-state index contributed by atoms with van der Waals surface area (Å²) in [6.45, 7) is 1.66. The normalized spacial score (nSPS) is 13.2. The largest absolute Gasteiger partial charge is 0.396 e. The van der Waals surface area contributed by atoms with Crippen LogP contribution in [0, 0.1) is 10.1 Å². The van der Waals surface area contributed by atoms with Gasteiger partial charge in [0.2, 0.25) is 10.0 Å². The Morgan fingerprint density at radius 1 is 1.53 bits per heavy atom. The first-order valence-corrected chi connectivity index (χ1v) is 7.12. The van der Waals surface area contributed by atoms with Crippen molar-refractivity contribution in [2.75, 3.05) is 6.61 Å². The topological polar surface area (TPSA) is 122 Å². The van der Waals surface area contributed by atoms with E-state index in [0.717, 1.165) is 18.3 Å². The molecule has 0 bridgehead atoms. The number of sulfonamides is 1. The molecule has 1 rings (SSSR count). The van der Waals surface area contributed by atoms with Crippen LogP contribution in [0.1, 0.15) is 19.8 Å². The first-order valence-electron chi connectivity index (χ1n) is 5.64. The predicted molar refractivity (Wildman–Crippen MR) is 67.0 cm³/mol. The maximum absolute atomic E-state index is 12.0. The monoisotopic (exact) mass is 289 g/mol. The highest BCUT2D eigenvalue weighted by atomic mass is 32.2. The Balaban J connectivity index is 2.90. The van der Waals surface area contributed by atoms with Crippen LogP contribution >= 0.6 is 0 Å². The van der Waals surface area contributed by atoms with Gasteiger partial charge in [-0.1, -0.05) is 6.92 Å². The number of nitro groups is 1. The minimum atomic E-state index is -3.78. The number of rotatable bonds is 7. The summed E-state index contributed by atoms with van der Waals surface area (Å²) >= 11 is 0. The third-order valence-electron chi connectivity index (χ3n) is 2.51. The van der Waals surface area contributed by atoms with E-state index in [4.69, 9.17) is 5.11 Å². The van der Waals surface area contributed by atoms with Gasteiger partial charge in [0.25, 0.3) is 0 Å². The number of aromatic nitrogens is 1. The van der Waals surface area contributed by atoms with E-state index in [1.54, 1.807) is 6.92 Å². The molecule has 19 heavy (non-hydrogen) atoms. The molecule has 1 heterocycles. The molecule has 1 aromatic rings. The van der Waals surface area contributed by atoms with Crippen molar-refractivity contribution in [3.63, 3.8) is 0 Å². The summed E-state index contributed by atoms with van der Waals surface area (Å²) in [4.78, 5) is 13.0. The summed E-state index contributed by atoms with van der Waals surface area (Å²) in [5, 5.41) is 19.2. The van der Waals surface area contributed by atoms with Crippen molar-refractivity contribution in [1.82, 2.24) is 9.71 Å². The first kappa shape index (κ1) is 15.5. The standard InChI is InChI=1S/C10H15N3O5S/c1-2-8(5-6-14)12-19(17,18)9-3-4-10(11-7-9)13(15)16/h3-4,7-8,12,14H,2,5-6H2,1H3. The molecular formula is C10H15N3O5S.